The summed E-state index contributed by atoms with van der Waals surface area (Å²) in [6.45, 7) is 1.05. The summed E-state index contributed by atoms with van der Waals surface area (Å²) in [5, 5.41) is 5.09. The fourth-order valence-corrected chi connectivity index (χ4v) is 2.53. The molecule has 1 aromatic heterocycles. The van der Waals surface area contributed by atoms with Crippen LogP contribution in [0.3, 0.4) is 0 Å². The van der Waals surface area contributed by atoms with Crippen molar-refractivity contribution in [1.82, 2.24) is 4.57 Å². The molecule has 1 aliphatic carbocycles. The van der Waals surface area contributed by atoms with Crippen LogP contribution in [0.1, 0.15) is 29.8 Å². The summed E-state index contributed by atoms with van der Waals surface area (Å²) in [5.41, 5.74) is 0.173. The molecule has 0 bridgehead atoms. The Labute approximate surface area is 124 Å². The van der Waals surface area contributed by atoms with Crippen molar-refractivity contribution in [2.45, 2.75) is 30.7 Å². The van der Waals surface area contributed by atoms with E-state index in [1.54, 1.807) is 0 Å². The van der Waals surface area contributed by atoms with E-state index in [4.69, 9.17) is 14.6 Å². The van der Waals surface area contributed by atoms with Gasteiger partial charge in [0.2, 0.25) is 10.0 Å². The molecule has 1 saturated carbocycles. The molecule has 1 aromatic rings. The average Bonchev–Trinajstić information content (AvgIpc) is 3.12. The van der Waals surface area contributed by atoms with E-state index in [0.717, 1.165) is 6.42 Å². The molecule has 0 radical (unpaired) electrons. The van der Waals surface area contributed by atoms with Crippen molar-refractivity contribution in [2.24, 2.45) is 11.1 Å². The van der Waals surface area contributed by atoms with Gasteiger partial charge in [-0.15, -0.1) is 0 Å². The second kappa shape index (κ2) is 6.59. The van der Waals surface area contributed by atoms with Crippen LogP contribution in [0.4, 0.5) is 0 Å². The van der Waals surface area contributed by atoms with Gasteiger partial charge in [0.1, 0.15) is 10.6 Å². The van der Waals surface area contributed by atoms with Crippen LogP contribution in [0.2, 0.25) is 0 Å². The highest BCUT2D eigenvalue weighted by molar-refractivity contribution is 7.89. The molecule has 118 valence electrons. The Morgan fingerprint density at radius 1 is 1.43 bits per heavy atom. The maximum Gasteiger partial charge on any atom is 0.354 e. The van der Waals surface area contributed by atoms with Crippen molar-refractivity contribution < 1.29 is 22.7 Å². The molecular formula is C13H20N2O5S. The van der Waals surface area contributed by atoms with Crippen molar-refractivity contribution >= 4 is 16.0 Å². The van der Waals surface area contributed by atoms with E-state index in [-0.39, 0.29) is 10.6 Å². The highest BCUT2D eigenvalue weighted by atomic mass is 32.2. The smallest absolute Gasteiger partial charge is 0.354 e. The predicted octanol–water partition coefficient (Wildman–Crippen LogP) is 0.739. The molecular weight excluding hydrogens is 296 g/mol. The number of rotatable bonds is 8. The number of methoxy groups -OCH3 is 1. The summed E-state index contributed by atoms with van der Waals surface area (Å²) in [4.78, 5) is 11.9. The Morgan fingerprint density at radius 2 is 2.14 bits per heavy atom. The molecule has 0 unspecified atom stereocenters. The number of carbonyl (C=O) groups excluding carboxylic acids is 1. The van der Waals surface area contributed by atoms with E-state index in [1.165, 1.54) is 36.8 Å². The van der Waals surface area contributed by atoms with E-state index in [0.29, 0.717) is 25.7 Å². The number of ether oxygens (including phenoxy) is 2. The zero-order chi connectivity index (χ0) is 15.5. The minimum absolute atomic E-state index is 0.104. The topological polar surface area (TPSA) is 101 Å². The summed E-state index contributed by atoms with van der Waals surface area (Å²) in [6, 6.07) is 1.24. The van der Waals surface area contributed by atoms with Crippen molar-refractivity contribution in [1.29, 1.82) is 0 Å². The zero-order valence-corrected chi connectivity index (χ0v) is 12.8. The summed E-state index contributed by atoms with van der Waals surface area (Å²) in [5.74, 6) is 0.125. The van der Waals surface area contributed by atoms with Crippen molar-refractivity contribution in [3.05, 3.63) is 18.0 Å². The van der Waals surface area contributed by atoms with Gasteiger partial charge in [-0.2, -0.15) is 0 Å². The summed E-state index contributed by atoms with van der Waals surface area (Å²) < 4.78 is 34.4. The monoisotopic (exact) mass is 316 g/mol. The maximum absolute atomic E-state index is 12.1. The van der Waals surface area contributed by atoms with Gasteiger partial charge in [-0.25, -0.2) is 18.4 Å². The van der Waals surface area contributed by atoms with Crippen molar-refractivity contribution in [3.63, 3.8) is 0 Å². The van der Waals surface area contributed by atoms with Gasteiger partial charge >= 0.3 is 5.97 Å². The minimum Gasteiger partial charge on any atom is -0.461 e. The van der Waals surface area contributed by atoms with Gasteiger partial charge < -0.3 is 14.0 Å². The Balaban J connectivity index is 2.09. The molecule has 21 heavy (non-hydrogen) atoms. The number of primary sulfonamides is 1. The third-order valence-electron chi connectivity index (χ3n) is 3.40. The lowest BCUT2D eigenvalue weighted by Gasteiger charge is -2.08. The lowest BCUT2D eigenvalue weighted by Crippen LogP contribution is -2.14. The van der Waals surface area contributed by atoms with E-state index in [1.807, 2.05) is 0 Å². The molecule has 2 rings (SSSR count). The second-order valence-electron chi connectivity index (χ2n) is 5.16. The molecule has 0 aromatic carbocycles. The van der Waals surface area contributed by atoms with Crippen LogP contribution in [0.5, 0.6) is 0 Å². The predicted molar refractivity (Wildman–Crippen MR) is 75.3 cm³/mol. The van der Waals surface area contributed by atoms with Crippen LogP contribution in [-0.4, -0.2) is 39.3 Å². The van der Waals surface area contributed by atoms with Crippen molar-refractivity contribution in [3.8, 4) is 0 Å². The minimum atomic E-state index is -3.86. The highest BCUT2D eigenvalue weighted by Crippen LogP contribution is 2.32. The van der Waals surface area contributed by atoms with E-state index < -0.39 is 16.0 Å². The van der Waals surface area contributed by atoms with Crippen LogP contribution >= 0.6 is 0 Å². The van der Waals surface area contributed by atoms with Crippen LogP contribution in [0, 0.1) is 5.92 Å². The number of esters is 1. The quantitative estimate of drug-likeness (QED) is 0.713. The SMILES string of the molecule is COCCn1cc(S(N)(=O)=O)cc1C(=O)OCCC1CC1. The number of nitrogens with zero attached hydrogens (tertiary/aromatic N) is 1. The lowest BCUT2D eigenvalue weighted by atomic mass is 10.3. The maximum atomic E-state index is 12.1. The first kappa shape index (κ1) is 16.0. The fourth-order valence-electron chi connectivity index (χ4n) is 1.98. The molecule has 7 nitrogen and oxygen atoms in total. The Kier molecular flexibility index (Phi) is 5.02. The number of carbonyl (C=O) groups is 1. The number of nitrogens with two attached hydrogens (primary N) is 1. The molecule has 8 heteroatoms. The van der Waals surface area contributed by atoms with Gasteiger partial charge in [-0.1, -0.05) is 12.8 Å². The van der Waals surface area contributed by atoms with Crippen LogP contribution in [-0.2, 0) is 26.0 Å². The van der Waals surface area contributed by atoms with Crippen LogP contribution in [0.15, 0.2) is 17.2 Å². The first-order valence-electron chi connectivity index (χ1n) is 6.81. The molecule has 1 fully saturated rings. The molecule has 1 aliphatic rings. The lowest BCUT2D eigenvalue weighted by molar-refractivity contribution is 0.0480. The fraction of sp³-hybridized carbons (Fsp3) is 0.615. The van der Waals surface area contributed by atoms with Gasteiger partial charge in [0, 0.05) is 19.9 Å². The standard InChI is InChI=1S/C13H20N2O5S/c1-19-7-5-15-9-11(21(14,17)18)8-12(15)13(16)20-6-4-10-2-3-10/h8-10H,2-7H2,1H3,(H2,14,17,18). The van der Waals surface area contributed by atoms with Gasteiger partial charge in [-0.05, 0) is 18.4 Å². The Morgan fingerprint density at radius 3 is 2.71 bits per heavy atom. The van der Waals surface area contributed by atoms with E-state index in [2.05, 4.69) is 0 Å². The van der Waals surface area contributed by atoms with Gasteiger partial charge in [0.25, 0.3) is 0 Å². The largest absolute Gasteiger partial charge is 0.461 e. The third kappa shape index (κ3) is 4.55. The van der Waals surface area contributed by atoms with E-state index >= 15 is 0 Å². The average molecular weight is 316 g/mol. The highest BCUT2D eigenvalue weighted by Gasteiger charge is 2.23. The number of hydrogen-bond acceptors (Lipinski definition) is 5. The summed E-state index contributed by atoms with van der Waals surface area (Å²) >= 11 is 0. The van der Waals surface area contributed by atoms with Crippen LogP contribution in [0.25, 0.3) is 0 Å². The molecule has 0 saturated heterocycles. The molecule has 0 amide bonds. The molecule has 0 atom stereocenters. The van der Waals surface area contributed by atoms with Gasteiger partial charge in [0.05, 0.1) is 13.2 Å². The number of sulfonamides is 1. The van der Waals surface area contributed by atoms with Crippen molar-refractivity contribution in [2.75, 3.05) is 20.3 Å². The second-order valence-corrected chi connectivity index (χ2v) is 6.72. The first-order chi connectivity index (χ1) is 9.91. The number of aromatic nitrogens is 1. The normalized spacial score (nSPS) is 15.1. The molecule has 1 heterocycles. The Bertz CT molecular complexity index is 604. The molecule has 0 aliphatic heterocycles. The number of hydrogen-bond donors (Lipinski definition) is 1. The van der Waals surface area contributed by atoms with E-state index in [9.17, 15) is 13.2 Å². The molecule has 2 N–H and O–H groups in total. The summed E-state index contributed by atoms with van der Waals surface area (Å²) in [6.07, 6.45) is 4.56. The third-order valence-corrected chi connectivity index (χ3v) is 4.28. The first-order valence-corrected chi connectivity index (χ1v) is 8.35. The summed E-state index contributed by atoms with van der Waals surface area (Å²) in [7, 11) is -2.33. The van der Waals surface area contributed by atoms with Crippen LogP contribution < -0.4 is 5.14 Å². The zero-order valence-electron chi connectivity index (χ0n) is 11.9. The van der Waals surface area contributed by atoms with Gasteiger partial charge in [0.15, 0.2) is 0 Å². The molecule has 0 spiro atoms. The Hall–Kier alpha value is -1.38. The van der Waals surface area contributed by atoms with Gasteiger partial charge in [-0.3, -0.25) is 0 Å².